The van der Waals surface area contributed by atoms with Gasteiger partial charge in [-0.25, -0.2) is 9.97 Å². The molecule has 3 heteroatoms. The summed E-state index contributed by atoms with van der Waals surface area (Å²) in [6.07, 6.45) is 0. The number of aromatic nitrogens is 3. The van der Waals surface area contributed by atoms with Gasteiger partial charge in [-0.1, -0.05) is 152 Å². The maximum Gasteiger partial charge on any atom is 0.160 e. The molecule has 0 atom stereocenters. The predicted octanol–water partition coefficient (Wildman–Crippen LogP) is 13.2. The second-order valence-electron chi connectivity index (χ2n) is 13.7. The van der Waals surface area contributed by atoms with Crippen LogP contribution in [0.15, 0.2) is 188 Å². The van der Waals surface area contributed by atoms with Gasteiger partial charge in [0, 0.05) is 38.4 Å². The summed E-state index contributed by atoms with van der Waals surface area (Å²) < 4.78 is 2.43. The van der Waals surface area contributed by atoms with Gasteiger partial charge < -0.3 is 4.57 Å². The fourth-order valence-electron chi connectivity index (χ4n) is 8.42. The van der Waals surface area contributed by atoms with E-state index in [1.165, 1.54) is 48.6 Å². The van der Waals surface area contributed by atoms with E-state index in [9.17, 15) is 0 Å². The molecule has 0 saturated heterocycles. The third kappa shape index (κ3) is 4.61. The van der Waals surface area contributed by atoms with Crippen LogP contribution in [-0.2, 0) is 0 Å². The van der Waals surface area contributed by atoms with Crippen LogP contribution >= 0.6 is 0 Å². The normalized spacial score (nSPS) is 11.8. The molecule has 246 valence electrons. The van der Waals surface area contributed by atoms with Gasteiger partial charge in [-0.05, 0) is 74.5 Å². The van der Waals surface area contributed by atoms with Crippen LogP contribution in [0.5, 0.6) is 0 Å². The molecule has 0 amide bonds. The third-order valence-corrected chi connectivity index (χ3v) is 10.7. The maximum absolute atomic E-state index is 5.31. The molecule has 11 aromatic rings. The molecule has 2 aromatic heterocycles. The van der Waals surface area contributed by atoms with Crippen LogP contribution in [0.4, 0.5) is 0 Å². The highest BCUT2D eigenvalue weighted by atomic mass is 15.0. The predicted molar refractivity (Wildman–Crippen MR) is 223 cm³/mol. The van der Waals surface area contributed by atoms with E-state index < -0.39 is 0 Å². The van der Waals surface area contributed by atoms with Crippen molar-refractivity contribution in [2.75, 3.05) is 0 Å². The number of fused-ring (bicyclic) bond motifs is 11. The number of rotatable bonds is 4. The molecule has 0 N–H and O–H groups in total. The summed E-state index contributed by atoms with van der Waals surface area (Å²) in [6.45, 7) is 0. The second-order valence-corrected chi connectivity index (χ2v) is 13.7. The highest BCUT2D eigenvalue weighted by molar-refractivity contribution is 6.35. The Morgan fingerprint density at radius 3 is 1.60 bits per heavy atom. The number of hydrogen-bond donors (Lipinski definition) is 0. The van der Waals surface area contributed by atoms with Crippen molar-refractivity contribution in [3.63, 3.8) is 0 Å². The molecule has 0 unspecified atom stereocenters. The van der Waals surface area contributed by atoms with Gasteiger partial charge in [-0.15, -0.1) is 0 Å². The summed E-state index contributed by atoms with van der Waals surface area (Å²) in [5.41, 5.74) is 9.53. The first-order valence-corrected chi connectivity index (χ1v) is 18.1. The van der Waals surface area contributed by atoms with Crippen molar-refractivity contribution >= 4 is 65.0 Å². The average molecular weight is 674 g/mol. The molecule has 0 aliphatic heterocycles. The molecule has 2 heterocycles. The van der Waals surface area contributed by atoms with Crippen molar-refractivity contribution in [1.82, 2.24) is 14.5 Å². The third-order valence-electron chi connectivity index (χ3n) is 10.7. The Hall–Kier alpha value is -7.10. The molecule has 0 fully saturated rings. The van der Waals surface area contributed by atoms with Crippen LogP contribution in [0.1, 0.15) is 0 Å². The minimum atomic E-state index is 0.699. The fourth-order valence-corrected chi connectivity index (χ4v) is 8.42. The van der Waals surface area contributed by atoms with E-state index in [2.05, 4.69) is 187 Å². The van der Waals surface area contributed by atoms with E-state index in [1.54, 1.807) is 0 Å². The average Bonchev–Trinajstić information content (AvgIpc) is 3.58. The van der Waals surface area contributed by atoms with Crippen molar-refractivity contribution in [2.45, 2.75) is 0 Å². The number of nitrogens with zero attached hydrogens (tertiary/aromatic N) is 3. The summed E-state index contributed by atoms with van der Waals surface area (Å²) in [5, 5.41) is 11.2. The Labute approximate surface area is 306 Å². The van der Waals surface area contributed by atoms with Gasteiger partial charge in [0.2, 0.25) is 0 Å². The van der Waals surface area contributed by atoms with Crippen molar-refractivity contribution in [2.24, 2.45) is 0 Å². The zero-order valence-corrected chi connectivity index (χ0v) is 28.7. The molecule has 0 radical (unpaired) electrons. The van der Waals surface area contributed by atoms with Gasteiger partial charge >= 0.3 is 0 Å². The highest BCUT2D eigenvalue weighted by Gasteiger charge is 2.20. The van der Waals surface area contributed by atoms with Crippen molar-refractivity contribution in [3.8, 4) is 39.5 Å². The van der Waals surface area contributed by atoms with E-state index in [4.69, 9.17) is 9.97 Å². The molecule has 0 aliphatic carbocycles. The molecular weight excluding hydrogens is 643 g/mol. The minimum absolute atomic E-state index is 0.699. The van der Waals surface area contributed by atoms with Crippen LogP contribution in [0.3, 0.4) is 0 Å². The number of hydrogen-bond acceptors (Lipinski definition) is 2. The lowest BCUT2D eigenvalue weighted by atomic mass is 9.92. The molecule has 0 saturated carbocycles. The monoisotopic (exact) mass is 673 g/mol. The van der Waals surface area contributed by atoms with Crippen molar-refractivity contribution in [3.05, 3.63) is 188 Å². The van der Waals surface area contributed by atoms with Gasteiger partial charge in [0.05, 0.1) is 22.2 Å². The lowest BCUT2D eigenvalue weighted by molar-refractivity contribution is 1.17. The zero-order valence-electron chi connectivity index (χ0n) is 28.7. The van der Waals surface area contributed by atoms with E-state index in [0.29, 0.717) is 5.82 Å². The fraction of sp³-hybridized carbons (Fsp3) is 0. The van der Waals surface area contributed by atoms with Gasteiger partial charge in [0.1, 0.15) is 0 Å². The maximum atomic E-state index is 5.31. The van der Waals surface area contributed by atoms with E-state index in [-0.39, 0.29) is 0 Å². The highest BCUT2D eigenvalue weighted by Crippen LogP contribution is 2.44. The van der Waals surface area contributed by atoms with E-state index >= 15 is 0 Å². The lowest BCUT2D eigenvalue weighted by Gasteiger charge is -2.15. The first-order valence-electron chi connectivity index (χ1n) is 18.1. The SMILES string of the molecule is c1ccc(-c2cc(-c3nc(-c4ccccc4)c4ccccc4n3)cc(-n3c4ccccc4c4c5c6ccccc6c6ccccc6c5ccc43)c2)cc1. The molecule has 11 rings (SSSR count). The van der Waals surface area contributed by atoms with Crippen LogP contribution in [-0.4, -0.2) is 14.5 Å². The molecule has 0 bridgehead atoms. The van der Waals surface area contributed by atoms with Gasteiger partial charge in [0.15, 0.2) is 5.82 Å². The van der Waals surface area contributed by atoms with Gasteiger partial charge in [-0.2, -0.15) is 0 Å². The van der Waals surface area contributed by atoms with E-state index in [0.717, 1.165) is 50.1 Å². The Balaban J connectivity index is 1.25. The summed E-state index contributed by atoms with van der Waals surface area (Å²) in [7, 11) is 0. The summed E-state index contributed by atoms with van der Waals surface area (Å²) in [4.78, 5) is 10.5. The Bertz CT molecular complexity index is 3180. The Morgan fingerprint density at radius 2 is 0.868 bits per heavy atom. The van der Waals surface area contributed by atoms with Crippen molar-refractivity contribution < 1.29 is 0 Å². The largest absolute Gasteiger partial charge is 0.309 e. The minimum Gasteiger partial charge on any atom is -0.309 e. The topological polar surface area (TPSA) is 30.7 Å². The lowest BCUT2D eigenvalue weighted by Crippen LogP contribution is -1.99. The van der Waals surface area contributed by atoms with Crippen LogP contribution in [0.2, 0.25) is 0 Å². The summed E-state index contributed by atoms with van der Waals surface area (Å²) in [6, 6.07) is 67.3. The molecule has 0 spiro atoms. The van der Waals surface area contributed by atoms with Gasteiger partial charge in [-0.3, -0.25) is 0 Å². The molecule has 53 heavy (non-hydrogen) atoms. The van der Waals surface area contributed by atoms with Crippen LogP contribution in [0.25, 0.3) is 104 Å². The van der Waals surface area contributed by atoms with E-state index in [1.807, 2.05) is 6.07 Å². The van der Waals surface area contributed by atoms with Crippen LogP contribution in [0, 0.1) is 0 Å². The molecule has 3 nitrogen and oxygen atoms in total. The zero-order chi connectivity index (χ0) is 34.9. The molecule has 0 aliphatic rings. The number of para-hydroxylation sites is 2. The summed E-state index contributed by atoms with van der Waals surface area (Å²) >= 11 is 0. The van der Waals surface area contributed by atoms with Crippen molar-refractivity contribution in [1.29, 1.82) is 0 Å². The molecule has 9 aromatic carbocycles. The second kappa shape index (κ2) is 11.7. The molecular formula is C50H31N3. The Kier molecular flexibility index (Phi) is 6.55. The Morgan fingerprint density at radius 1 is 0.321 bits per heavy atom. The van der Waals surface area contributed by atoms with Crippen LogP contribution < -0.4 is 0 Å². The number of benzene rings is 9. The first-order chi connectivity index (χ1) is 26.3. The standard InChI is InChI=1S/C50H31N3/c1-3-15-32(16-4-1)34-29-35(50-51-44-25-13-11-23-42(44)49(52-50)33-17-5-2-6-18-33)31-36(30-34)53-45-26-14-12-24-43(45)48-46(53)28-27-41-39-21-8-7-19-37(39)38-20-9-10-22-40(38)47(41)48/h1-31H. The quantitative estimate of drug-likeness (QED) is 0.174. The summed E-state index contributed by atoms with van der Waals surface area (Å²) in [5.74, 6) is 0.699. The van der Waals surface area contributed by atoms with Gasteiger partial charge in [0.25, 0.3) is 0 Å². The first kappa shape index (κ1) is 29.6. The smallest absolute Gasteiger partial charge is 0.160 e.